The van der Waals surface area contributed by atoms with Crippen molar-refractivity contribution in [1.29, 1.82) is 0 Å². The first-order chi connectivity index (χ1) is 10.5. The van der Waals surface area contributed by atoms with Crippen LogP contribution in [0, 0.1) is 0 Å². The predicted molar refractivity (Wildman–Crippen MR) is 79.9 cm³/mol. The zero-order chi connectivity index (χ0) is 16.1. The summed E-state index contributed by atoms with van der Waals surface area (Å²) in [6.07, 6.45) is 2.47. The molecule has 0 aliphatic rings. The molecule has 112 valence electrons. The van der Waals surface area contributed by atoms with Crippen LogP contribution in [-0.2, 0) is 4.79 Å². The van der Waals surface area contributed by atoms with E-state index in [-0.39, 0.29) is 17.0 Å². The number of hydrogen-bond acceptors (Lipinski definition) is 4. The van der Waals surface area contributed by atoms with Crippen LogP contribution in [0.2, 0.25) is 0 Å². The monoisotopic (exact) mass is 299 g/mol. The minimum atomic E-state index is -1.22. The molecule has 0 atom stereocenters. The minimum absolute atomic E-state index is 0.0217. The third kappa shape index (κ3) is 3.66. The summed E-state index contributed by atoms with van der Waals surface area (Å²) < 4.78 is 0. The lowest BCUT2D eigenvalue weighted by Gasteiger charge is -2.08. The van der Waals surface area contributed by atoms with Crippen molar-refractivity contribution in [1.82, 2.24) is 4.98 Å². The molecule has 0 saturated carbocycles. The second-order valence-electron chi connectivity index (χ2n) is 4.44. The Balaban J connectivity index is 2.15. The van der Waals surface area contributed by atoms with Gasteiger partial charge in [0.05, 0.1) is 11.1 Å². The number of rotatable bonds is 4. The van der Waals surface area contributed by atoms with Crippen molar-refractivity contribution in [2.24, 2.45) is 0 Å². The second kappa shape index (κ2) is 6.49. The summed E-state index contributed by atoms with van der Waals surface area (Å²) >= 11 is 0. The molecule has 0 aliphatic carbocycles. The fraction of sp³-hybridized carbons (Fsp3) is 0.0667. The number of aromatic carboxylic acids is 1. The molecule has 0 fully saturated rings. The Labute approximate surface area is 126 Å². The van der Waals surface area contributed by atoms with Crippen LogP contribution in [0.15, 0.2) is 42.7 Å². The van der Waals surface area contributed by atoms with Crippen molar-refractivity contribution in [3.8, 4) is 0 Å². The van der Waals surface area contributed by atoms with E-state index in [0.717, 1.165) is 6.20 Å². The molecular formula is C15H13N3O4. The fourth-order valence-electron chi connectivity index (χ4n) is 1.80. The Morgan fingerprint density at radius 3 is 2.09 bits per heavy atom. The van der Waals surface area contributed by atoms with Gasteiger partial charge in [-0.25, -0.2) is 4.79 Å². The van der Waals surface area contributed by atoms with Gasteiger partial charge in [0.15, 0.2) is 0 Å². The van der Waals surface area contributed by atoms with Gasteiger partial charge in [0.25, 0.3) is 5.91 Å². The standard InChI is InChI=1S/C15H13N3O4/c1-9(19)17-10-2-4-11(5-3-10)18-14(20)12-6-7-16-8-13(12)15(21)22/h2-8H,1H3,(H,17,19)(H,18,20)(H,21,22). The third-order valence-electron chi connectivity index (χ3n) is 2.76. The first-order valence-corrected chi connectivity index (χ1v) is 6.33. The highest BCUT2D eigenvalue weighted by Gasteiger charge is 2.16. The number of hydrogen-bond donors (Lipinski definition) is 3. The highest BCUT2D eigenvalue weighted by molar-refractivity contribution is 6.10. The van der Waals surface area contributed by atoms with Crippen molar-refractivity contribution < 1.29 is 19.5 Å². The Hall–Kier alpha value is -3.22. The molecule has 2 aromatic rings. The lowest BCUT2D eigenvalue weighted by molar-refractivity contribution is -0.114. The molecule has 0 radical (unpaired) electrons. The number of benzene rings is 1. The number of nitrogens with one attached hydrogen (secondary N) is 2. The fourth-order valence-corrected chi connectivity index (χ4v) is 1.80. The van der Waals surface area contributed by atoms with E-state index in [1.54, 1.807) is 24.3 Å². The molecule has 7 nitrogen and oxygen atoms in total. The number of aromatic nitrogens is 1. The topological polar surface area (TPSA) is 108 Å². The summed E-state index contributed by atoms with van der Waals surface area (Å²) in [4.78, 5) is 37.8. The van der Waals surface area contributed by atoms with Crippen LogP contribution in [0.3, 0.4) is 0 Å². The number of amides is 2. The van der Waals surface area contributed by atoms with E-state index in [4.69, 9.17) is 5.11 Å². The Morgan fingerprint density at radius 2 is 1.55 bits per heavy atom. The molecule has 0 aliphatic heterocycles. The molecule has 3 N–H and O–H groups in total. The molecule has 0 bridgehead atoms. The number of nitrogens with zero attached hydrogens (tertiary/aromatic N) is 1. The van der Waals surface area contributed by atoms with Gasteiger partial charge in [-0.3, -0.25) is 14.6 Å². The molecule has 1 aromatic heterocycles. The summed E-state index contributed by atoms with van der Waals surface area (Å²) in [5, 5.41) is 14.2. The summed E-state index contributed by atoms with van der Waals surface area (Å²) in [6.45, 7) is 1.40. The van der Waals surface area contributed by atoms with E-state index in [0.29, 0.717) is 11.4 Å². The molecule has 0 saturated heterocycles. The summed E-state index contributed by atoms with van der Waals surface area (Å²) in [6, 6.07) is 7.80. The van der Waals surface area contributed by atoms with Gasteiger partial charge in [0, 0.05) is 30.7 Å². The van der Waals surface area contributed by atoms with Crippen LogP contribution >= 0.6 is 0 Å². The first kappa shape index (κ1) is 15.2. The van der Waals surface area contributed by atoms with E-state index in [1.807, 2.05) is 0 Å². The molecule has 2 amide bonds. The van der Waals surface area contributed by atoms with Crippen LogP contribution in [0.1, 0.15) is 27.6 Å². The van der Waals surface area contributed by atoms with Crippen LogP contribution < -0.4 is 10.6 Å². The molecule has 0 unspecified atom stereocenters. The van der Waals surface area contributed by atoms with Crippen molar-refractivity contribution in [3.05, 3.63) is 53.9 Å². The number of carbonyl (C=O) groups is 3. The molecule has 22 heavy (non-hydrogen) atoms. The van der Waals surface area contributed by atoms with E-state index in [9.17, 15) is 14.4 Å². The largest absolute Gasteiger partial charge is 0.478 e. The Bertz CT molecular complexity index is 726. The predicted octanol–water partition coefficient (Wildman–Crippen LogP) is 1.99. The molecular weight excluding hydrogens is 286 g/mol. The molecule has 2 rings (SSSR count). The maximum absolute atomic E-state index is 12.1. The number of carbonyl (C=O) groups excluding carboxylic acids is 2. The van der Waals surface area contributed by atoms with Crippen molar-refractivity contribution in [2.75, 3.05) is 10.6 Å². The molecule has 7 heteroatoms. The van der Waals surface area contributed by atoms with Crippen molar-refractivity contribution in [3.63, 3.8) is 0 Å². The van der Waals surface area contributed by atoms with Crippen LogP contribution in [0.25, 0.3) is 0 Å². The number of pyridine rings is 1. The smallest absolute Gasteiger partial charge is 0.338 e. The highest BCUT2D eigenvalue weighted by Crippen LogP contribution is 2.15. The van der Waals surface area contributed by atoms with Gasteiger partial charge in [-0.15, -0.1) is 0 Å². The van der Waals surface area contributed by atoms with Gasteiger partial charge < -0.3 is 15.7 Å². The molecule has 1 aromatic carbocycles. The van der Waals surface area contributed by atoms with Gasteiger partial charge in [-0.2, -0.15) is 0 Å². The number of anilines is 2. The van der Waals surface area contributed by atoms with Crippen molar-refractivity contribution >= 4 is 29.2 Å². The number of carboxylic acid groups (broad SMARTS) is 1. The van der Waals surface area contributed by atoms with Crippen LogP contribution in [0.5, 0.6) is 0 Å². The van der Waals surface area contributed by atoms with Gasteiger partial charge in [0.2, 0.25) is 5.91 Å². The third-order valence-corrected chi connectivity index (χ3v) is 2.76. The Morgan fingerprint density at radius 1 is 0.955 bits per heavy atom. The maximum atomic E-state index is 12.1. The minimum Gasteiger partial charge on any atom is -0.478 e. The zero-order valence-electron chi connectivity index (χ0n) is 11.7. The average Bonchev–Trinajstić information content (AvgIpc) is 2.48. The molecule has 1 heterocycles. The SMILES string of the molecule is CC(=O)Nc1ccc(NC(=O)c2ccncc2C(=O)O)cc1. The Kier molecular flexibility index (Phi) is 4.47. The number of carboxylic acids is 1. The first-order valence-electron chi connectivity index (χ1n) is 6.33. The highest BCUT2D eigenvalue weighted by atomic mass is 16.4. The zero-order valence-corrected chi connectivity index (χ0v) is 11.7. The quantitative estimate of drug-likeness (QED) is 0.800. The van der Waals surface area contributed by atoms with Gasteiger partial charge in [-0.05, 0) is 30.3 Å². The van der Waals surface area contributed by atoms with E-state index >= 15 is 0 Å². The summed E-state index contributed by atoms with van der Waals surface area (Å²) in [7, 11) is 0. The van der Waals surface area contributed by atoms with Gasteiger partial charge >= 0.3 is 5.97 Å². The average molecular weight is 299 g/mol. The second-order valence-corrected chi connectivity index (χ2v) is 4.44. The lowest BCUT2D eigenvalue weighted by Crippen LogP contribution is -2.16. The maximum Gasteiger partial charge on any atom is 0.338 e. The normalized spacial score (nSPS) is 9.86. The lowest BCUT2D eigenvalue weighted by atomic mass is 10.1. The van der Waals surface area contributed by atoms with Crippen LogP contribution in [0.4, 0.5) is 11.4 Å². The van der Waals surface area contributed by atoms with Gasteiger partial charge in [0.1, 0.15) is 0 Å². The van der Waals surface area contributed by atoms with E-state index in [2.05, 4.69) is 15.6 Å². The van der Waals surface area contributed by atoms with E-state index in [1.165, 1.54) is 19.2 Å². The summed E-state index contributed by atoms with van der Waals surface area (Å²) in [5.41, 5.74) is 0.927. The van der Waals surface area contributed by atoms with E-state index < -0.39 is 11.9 Å². The van der Waals surface area contributed by atoms with Gasteiger partial charge in [-0.1, -0.05) is 0 Å². The summed E-state index contributed by atoms with van der Waals surface area (Å²) in [5.74, 6) is -1.97. The van der Waals surface area contributed by atoms with Crippen LogP contribution in [-0.4, -0.2) is 27.9 Å². The van der Waals surface area contributed by atoms with Crippen molar-refractivity contribution in [2.45, 2.75) is 6.92 Å². The molecule has 0 spiro atoms.